The highest BCUT2D eigenvalue weighted by Gasteiger charge is 2.26. The molecule has 1 aromatic carbocycles. The lowest BCUT2D eigenvalue weighted by Gasteiger charge is -2.21. The lowest BCUT2D eigenvalue weighted by molar-refractivity contribution is 0.256. The van der Waals surface area contributed by atoms with Crippen molar-refractivity contribution in [1.29, 1.82) is 0 Å². The topological polar surface area (TPSA) is 87.3 Å². The molecule has 6 nitrogen and oxygen atoms in total. The summed E-state index contributed by atoms with van der Waals surface area (Å²) in [7, 11) is -3.96. The molecule has 0 aromatic heterocycles. The molecule has 1 heterocycles. The summed E-state index contributed by atoms with van der Waals surface area (Å²) in [5, 5.41) is 6.86. The lowest BCUT2D eigenvalue weighted by Crippen LogP contribution is -2.36. The number of carbonyl (C=O) groups is 1. The standard InChI is InChI=1S/C20H30FN3O3S/c1-13(2)16-11-15(21)12-17(14(3)4)18(16)23-19(25)24-28(26,27)10-8-20(5)7-6-9-22-20/h8,10-14,22H,6-7,9H2,1-5H3,(H2,23,24,25)/b10-8+. The summed E-state index contributed by atoms with van der Waals surface area (Å²) in [4.78, 5) is 12.4. The molecule has 1 aliphatic rings. The predicted molar refractivity (Wildman–Crippen MR) is 110 cm³/mol. The van der Waals surface area contributed by atoms with Crippen LogP contribution in [0, 0.1) is 5.82 Å². The van der Waals surface area contributed by atoms with Gasteiger partial charge in [0.25, 0.3) is 10.0 Å². The Balaban J connectivity index is 2.21. The van der Waals surface area contributed by atoms with Crippen LogP contribution in [0.3, 0.4) is 0 Å². The van der Waals surface area contributed by atoms with Crippen molar-refractivity contribution in [2.45, 2.75) is 64.8 Å². The molecule has 1 fully saturated rings. The van der Waals surface area contributed by atoms with Crippen LogP contribution >= 0.6 is 0 Å². The van der Waals surface area contributed by atoms with Gasteiger partial charge in [0.15, 0.2) is 0 Å². The lowest BCUT2D eigenvalue weighted by atomic mass is 9.92. The number of sulfonamides is 1. The smallest absolute Gasteiger partial charge is 0.308 e. The molecule has 156 valence electrons. The van der Waals surface area contributed by atoms with Gasteiger partial charge in [0.2, 0.25) is 0 Å². The fourth-order valence-corrected chi connectivity index (χ4v) is 4.16. The first kappa shape index (κ1) is 22.4. The van der Waals surface area contributed by atoms with E-state index in [1.807, 2.05) is 39.3 Å². The van der Waals surface area contributed by atoms with Crippen molar-refractivity contribution in [2.24, 2.45) is 0 Å². The molecule has 1 atom stereocenters. The molecule has 0 bridgehead atoms. The summed E-state index contributed by atoms with van der Waals surface area (Å²) in [5.74, 6) is -0.479. The van der Waals surface area contributed by atoms with E-state index in [2.05, 4.69) is 10.6 Å². The highest BCUT2D eigenvalue weighted by molar-refractivity contribution is 7.92. The maximum atomic E-state index is 14.0. The zero-order chi connectivity index (χ0) is 21.1. The Kier molecular flexibility index (Phi) is 6.88. The van der Waals surface area contributed by atoms with Gasteiger partial charge in [0, 0.05) is 16.6 Å². The van der Waals surface area contributed by atoms with E-state index in [-0.39, 0.29) is 17.7 Å². The van der Waals surface area contributed by atoms with E-state index >= 15 is 0 Å². The average molecular weight is 412 g/mol. The Morgan fingerprint density at radius 2 is 1.79 bits per heavy atom. The normalized spacial score (nSPS) is 20.3. The first-order chi connectivity index (χ1) is 12.9. The monoisotopic (exact) mass is 411 g/mol. The van der Waals surface area contributed by atoms with Gasteiger partial charge in [-0.05, 0) is 61.4 Å². The molecule has 1 saturated heterocycles. The SMILES string of the molecule is CC(C)c1cc(F)cc(C(C)C)c1NC(=O)NS(=O)(=O)/C=C/C1(C)CCCN1. The summed E-state index contributed by atoms with van der Waals surface area (Å²) in [5.41, 5.74) is 1.30. The summed E-state index contributed by atoms with van der Waals surface area (Å²) >= 11 is 0. The minimum atomic E-state index is -3.96. The molecule has 0 spiro atoms. The van der Waals surface area contributed by atoms with Crippen LogP contribution in [0.1, 0.15) is 70.4 Å². The van der Waals surface area contributed by atoms with Crippen LogP contribution in [0.2, 0.25) is 0 Å². The second kappa shape index (κ2) is 8.61. The van der Waals surface area contributed by atoms with E-state index in [0.29, 0.717) is 16.8 Å². The van der Waals surface area contributed by atoms with Crippen LogP contribution < -0.4 is 15.4 Å². The summed E-state index contributed by atoms with van der Waals surface area (Å²) < 4.78 is 40.5. The number of anilines is 1. The molecule has 2 rings (SSSR count). The van der Waals surface area contributed by atoms with E-state index in [1.54, 1.807) is 6.08 Å². The highest BCUT2D eigenvalue weighted by atomic mass is 32.2. The molecular weight excluding hydrogens is 381 g/mol. The first-order valence-corrected chi connectivity index (χ1v) is 11.1. The van der Waals surface area contributed by atoms with Gasteiger partial charge in [-0.25, -0.2) is 22.3 Å². The van der Waals surface area contributed by atoms with E-state index in [0.717, 1.165) is 24.8 Å². The molecule has 2 amide bonds. The third-order valence-corrected chi connectivity index (χ3v) is 5.86. The van der Waals surface area contributed by atoms with E-state index < -0.39 is 21.6 Å². The van der Waals surface area contributed by atoms with E-state index in [9.17, 15) is 17.6 Å². The zero-order valence-corrected chi connectivity index (χ0v) is 17.9. The van der Waals surface area contributed by atoms with Crippen LogP contribution in [0.15, 0.2) is 23.6 Å². The Hall–Kier alpha value is -1.93. The molecule has 0 aliphatic carbocycles. The van der Waals surface area contributed by atoms with Gasteiger partial charge < -0.3 is 10.6 Å². The van der Waals surface area contributed by atoms with Gasteiger partial charge in [0.05, 0.1) is 0 Å². The van der Waals surface area contributed by atoms with Crippen molar-refractivity contribution in [1.82, 2.24) is 10.0 Å². The van der Waals surface area contributed by atoms with E-state index in [1.165, 1.54) is 12.1 Å². The summed E-state index contributed by atoms with van der Waals surface area (Å²) in [6.07, 6.45) is 3.36. The third-order valence-electron chi connectivity index (χ3n) is 4.90. The van der Waals surface area contributed by atoms with Crippen molar-refractivity contribution in [2.75, 3.05) is 11.9 Å². The fourth-order valence-electron chi connectivity index (χ4n) is 3.31. The number of carbonyl (C=O) groups excluding carboxylic acids is 1. The van der Waals surface area contributed by atoms with Crippen LogP contribution in [0.25, 0.3) is 0 Å². The molecule has 3 N–H and O–H groups in total. The first-order valence-electron chi connectivity index (χ1n) is 9.54. The number of nitrogens with one attached hydrogen (secondary N) is 3. The minimum Gasteiger partial charge on any atom is -0.308 e. The maximum Gasteiger partial charge on any atom is 0.333 e. The van der Waals surface area contributed by atoms with Gasteiger partial charge in [-0.15, -0.1) is 0 Å². The molecule has 1 unspecified atom stereocenters. The fraction of sp³-hybridized carbons (Fsp3) is 0.550. The number of hydrogen-bond acceptors (Lipinski definition) is 4. The number of benzene rings is 1. The molecule has 0 saturated carbocycles. The Morgan fingerprint density at radius 3 is 2.25 bits per heavy atom. The van der Waals surface area contributed by atoms with Crippen molar-refractivity contribution in [3.63, 3.8) is 0 Å². The van der Waals surface area contributed by atoms with Crippen molar-refractivity contribution >= 4 is 21.7 Å². The average Bonchev–Trinajstić information content (AvgIpc) is 3.00. The van der Waals surface area contributed by atoms with Crippen LogP contribution in [0.4, 0.5) is 14.9 Å². The molecule has 28 heavy (non-hydrogen) atoms. The van der Waals surface area contributed by atoms with Gasteiger partial charge >= 0.3 is 6.03 Å². The van der Waals surface area contributed by atoms with E-state index in [4.69, 9.17) is 0 Å². The summed E-state index contributed by atoms with van der Waals surface area (Å²) in [6, 6.07) is 1.87. The number of urea groups is 1. The Morgan fingerprint density at radius 1 is 1.21 bits per heavy atom. The Labute approximate surface area is 167 Å². The van der Waals surface area contributed by atoms with Crippen molar-refractivity contribution in [3.05, 3.63) is 40.6 Å². The second-order valence-electron chi connectivity index (χ2n) is 8.12. The minimum absolute atomic E-state index is 0.0478. The predicted octanol–water partition coefficient (Wildman–Crippen LogP) is 4.18. The Bertz CT molecular complexity index is 828. The maximum absolute atomic E-state index is 14.0. The number of halogens is 1. The quantitative estimate of drug-likeness (QED) is 0.655. The van der Waals surface area contributed by atoms with Crippen molar-refractivity contribution in [3.8, 4) is 0 Å². The summed E-state index contributed by atoms with van der Waals surface area (Å²) in [6.45, 7) is 10.3. The number of amides is 2. The van der Waals surface area contributed by atoms with Gasteiger partial charge in [0.1, 0.15) is 5.82 Å². The van der Waals surface area contributed by atoms with Crippen LogP contribution in [-0.4, -0.2) is 26.5 Å². The zero-order valence-electron chi connectivity index (χ0n) is 17.1. The van der Waals surface area contributed by atoms with Gasteiger partial charge in [-0.1, -0.05) is 33.8 Å². The van der Waals surface area contributed by atoms with Gasteiger partial charge in [-0.3, -0.25) is 0 Å². The van der Waals surface area contributed by atoms with Crippen LogP contribution in [0.5, 0.6) is 0 Å². The molecule has 1 aromatic rings. The van der Waals surface area contributed by atoms with Gasteiger partial charge in [-0.2, -0.15) is 0 Å². The molecule has 1 aliphatic heterocycles. The second-order valence-corrected chi connectivity index (χ2v) is 9.69. The van der Waals surface area contributed by atoms with Crippen LogP contribution in [-0.2, 0) is 10.0 Å². The number of hydrogen-bond donors (Lipinski definition) is 3. The third kappa shape index (κ3) is 5.78. The molecular formula is C20H30FN3O3S. The van der Waals surface area contributed by atoms with Crippen molar-refractivity contribution < 1.29 is 17.6 Å². The molecule has 0 radical (unpaired) electrons. The molecule has 8 heteroatoms. The highest BCUT2D eigenvalue weighted by Crippen LogP contribution is 2.33. The largest absolute Gasteiger partial charge is 0.333 e. The number of rotatable bonds is 6.